The van der Waals surface area contributed by atoms with Gasteiger partial charge in [0.1, 0.15) is 0 Å². The number of benzene rings is 7. The van der Waals surface area contributed by atoms with Crippen molar-refractivity contribution in [3.05, 3.63) is 214 Å². The van der Waals surface area contributed by atoms with E-state index in [9.17, 15) is 0 Å². The summed E-state index contributed by atoms with van der Waals surface area (Å²) in [6.45, 7) is 6.70. The van der Waals surface area contributed by atoms with Crippen molar-refractivity contribution in [3.63, 3.8) is 0 Å². The molecular formula is C47H40Cl2N2. The van der Waals surface area contributed by atoms with Crippen LogP contribution in [0.2, 0.25) is 10.0 Å². The van der Waals surface area contributed by atoms with Crippen LogP contribution in [0.5, 0.6) is 0 Å². The van der Waals surface area contributed by atoms with Gasteiger partial charge in [-0.3, -0.25) is 0 Å². The van der Waals surface area contributed by atoms with E-state index in [2.05, 4.69) is 170 Å². The highest BCUT2D eigenvalue weighted by atomic mass is 35.5. The molecule has 7 rings (SSSR count). The van der Waals surface area contributed by atoms with E-state index in [-0.39, 0.29) is 11.3 Å². The Labute approximate surface area is 312 Å². The first-order valence-electron chi connectivity index (χ1n) is 17.3. The van der Waals surface area contributed by atoms with Gasteiger partial charge in [0.05, 0.1) is 15.7 Å². The van der Waals surface area contributed by atoms with E-state index in [0.29, 0.717) is 10.0 Å². The van der Waals surface area contributed by atoms with Gasteiger partial charge in [0.25, 0.3) is 0 Å². The zero-order valence-electron chi connectivity index (χ0n) is 29.0. The first kappa shape index (κ1) is 34.2. The molecule has 0 unspecified atom stereocenters. The smallest absolute Gasteiger partial charge is 0.0834 e. The van der Waals surface area contributed by atoms with Gasteiger partial charge in [-0.25, -0.2) is 0 Å². The highest BCUT2D eigenvalue weighted by Gasteiger charge is 2.24. The summed E-state index contributed by atoms with van der Waals surface area (Å²) in [5, 5.41) is 0.953. The number of hydrogen-bond acceptors (Lipinski definition) is 2. The minimum Gasteiger partial charge on any atom is -0.310 e. The van der Waals surface area contributed by atoms with Crippen LogP contribution >= 0.6 is 23.2 Å². The van der Waals surface area contributed by atoms with Crippen LogP contribution in [0.15, 0.2) is 182 Å². The maximum absolute atomic E-state index is 7.26. The largest absolute Gasteiger partial charge is 0.310 e. The van der Waals surface area contributed by atoms with Gasteiger partial charge in [-0.15, -0.1) is 0 Å². The molecule has 0 radical (unpaired) electrons. The lowest BCUT2D eigenvalue weighted by atomic mass is 9.85. The van der Waals surface area contributed by atoms with E-state index in [4.69, 9.17) is 23.2 Å². The van der Waals surface area contributed by atoms with Crippen molar-refractivity contribution >= 4 is 57.3 Å². The number of anilines is 6. The molecule has 0 atom stereocenters. The highest BCUT2D eigenvalue weighted by molar-refractivity contribution is 6.44. The maximum atomic E-state index is 7.26. The molecule has 51 heavy (non-hydrogen) atoms. The van der Waals surface area contributed by atoms with E-state index >= 15 is 0 Å². The summed E-state index contributed by atoms with van der Waals surface area (Å²) in [6.07, 6.45) is 0. The first-order chi connectivity index (χ1) is 24.8. The Morgan fingerprint density at radius 1 is 0.412 bits per heavy atom. The van der Waals surface area contributed by atoms with Gasteiger partial charge in [-0.1, -0.05) is 165 Å². The summed E-state index contributed by atoms with van der Waals surface area (Å²) in [7, 11) is 0. The minimum atomic E-state index is 0.00854. The fourth-order valence-corrected chi connectivity index (χ4v) is 7.11. The van der Waals surface area contributed by atoms with E-state index < -0.39 is 0 Å². The Morgan fingerprint density at radius 2 is 0.863 bits per heavy atom. The topological polar surface area (TPSA) is 6.48 Å². The third-order valence-electron chi connectivity index (χ3n) is 9.24. The van der Waals surface area contributed by atoms with E-state index in [1.54, 1.807) is 0 Å². The lowest BCUT2D eigenvalue weighted by Gasteiger charge is -2.31. The van der Waals surface area contributed by atoms with Crippen molar-refractivity contribution in [2.75, 3.05) is 9.80 Å². The lowest BCUT2D eigenvalue weighted by molar-refractivity contribution is 0.590. The van der Waals surface area contributed by atoms with E-state index in [1.165, 1.54) is 22.3 Å². The van der Waals surface area contributed by atoms with Crippen LogP contribution in [0.3, 0.4) is 0 Å². The number of para-hydroxylation sites is 2. The van der Waals surface area contributed by atoms with Gasteiger partial charge in [-0.05, 0) is 88.3 Å². The molecule has 0 aliphatic rings. The fraction of sp³-hybridized carbons (Fsp3) is 0.106. The standard InChI is InChI=1S/C47H40Cl2N2/c1-47(2,3)37-27-29-40(30-28-37)51(41-26-16-21-36(31-41)45(34-17-8-4-9-18-34)35-19-10-5-11-20-35)44-33-42(32-43(48)46(44)49)50(38-22-12-6-13-23-38)39-24-14-7-15-25-39/h4-33,45H,1-3H3. The zero-order valence-corrected chi connectivity index (χ0v) is 30.6. The minimum absolute atomic E-state index is 0.00854. The van der Waals surface area contributed by atoms with Crippen molar-refractivity contribution in [2.45, 2.75) is 32.1 Å². The quantitative estimate of drug-likeness (QED) is 0.138. The summed E-state index contributed by atoms with van der Waals surface area (Å²) in [5.74, 6) is 0.0366. The van der Waals surface area contributed by atoms with Crippen molar-refractivity contribution < 1.29 is 0 Å². The molecule has 2 nitrogen and oxygen atoms in total. The molecule has 0 fully saturated rings. The monoisotopic (exact) mass is 702 g/mol. The second-order valence-corrected chi connectivity index (χ2v) is 14.5. The molecule has 7 aromatic carbocycles. The normalized spacial score (nSPS) is 11.4. The summed E-state index contributed by atoms with van der Waals surface area (Å²) in [6, 6.07) is 63.7. The molecule has 0 amide bonds. The Hall–Kier alpha value is -5.28. The maximum Gasteiger partial charge on any atom is 0.0834 e. The molecule has 0 aromatic heterocycles. The van der Waals surface area contributed by atoms with Gasteiger partial charge >= 0.3 is 0 Å². The van der Waals surface area contributed by atoms with Crippen LogP contribution in [0.25, 0.3) is 0 Å². The molecule has 7 aromatic rings. The Bertz CT molecular complexity index is 2120. The van der Waals surface area contributed by atoms with Crippen LogP contribution < -0.4 is 9.80 Å². The van der Waals surface area contributed by atoms with Gasteiger partial charge < -0.3 is 9.80 Å². The molecule has 4 heteroatoms. The lowest BCUT2D eigenvalue weighted by Crippen LogP contribution is -2.15. The first-order valence-corrected chi connectivity index (χ1v) is 18.0. The second-order valence-electron chi connectivity index (χ2n) is 13.7. The summed E-state index contributed by atoms with van der Waals surface area (Å²) in [4.78, 5) is 4.44. The predicted octanol–water partition coefficient (Wildman–Crippen LogP) is 14.4. The average molecular weight is 704 g/mol. The molecule has 0 spiro atoms. The van der Waals surface area contributed by atoms with Gasteiger partial charge in [0.2, 0.25) is 0 Å². The van der Waals surface area contributed by atoms with Gasteiger partial charge in [0, 0.05) is 34.4 Å². The summed E-state index contributed by atoms with van der Waals surface area (Å²) < 4.78 is 0. The summed E-state index contributed by atoms with van der Waals surface area (Å²) >= 11 is 14.4. The van der Waals surface area contributed by atoms with Gasteiger partial charge in [0.15, 0.2) is 0 Å². The van der Waals surface area contributed by atoms with Crippen LogP contribution in [-0.2, 0) is 5.41 Å². The van der Waals surface area contributed by atoms with Gasteiger partial charge in [-0.2, -0.15) is 0 Å². The summed E-state index contributed by atoms with van der Waals surface area (Å²) in [5.41, 5.74) is 10.6. The average Bonchev–Trinajstić information content (AvgIpc) is 3.16. The van der Waals surface area contributed by atoms with Crippen molar-refractivity contribution in [1.82, 2.24) is 0 Å². The molecule has 0 N–H and O–H groups in total. The number of rotatable bonds is 9. The fourth-order valence-electron chi connectivity index (χ4n) is 6.70. The SMILES string of the molecule is CC(C)(C)c1ccc(N(c2cccc(C(c3ccccc3)c3ccccc3)c2)c2cc(N(c3ccccc3)c3ccccc3)cc(Cl)c2Cl)cc1. The van der Waals surface area contributed by atoms with Crippen LogP contribution in [0.1, 0.15) is 48.9 Å². The zero-order chi connectivity index (χ0) is 35.4. The van der Waals surface area contributed by atoms with Crippen molar-refractivity contribution in [2.24, 2.45) is 0 Å². The van der Waals surface area contributed by atoms with E-state index in [1.807, 2.05) is 42.5 Å². The van der Waals surface area contributed by atoms with E-state index in [0.717, 1.165) is 34.1 Å². The molecule has 0 saturated carbocycles. The third-order valence-corrected chi connectivity index (χ3v) is 10.0. The molecular weight excluding hydrogens is 663 g/mol. The van der Waals surface area contributed by atoms with Crippen molar-refractivity contribution in [3.8, 4) is 0 Å². The molecule has 0 aliphatic heterocycles. The molecule has 252 valence electrons. The molecule has 0 bridgehead atoms. The van der Waals surface area contributed by atoms with Crippen LogP contribution in [0.4, 0.5) is 34.1 Å². The third kappa shape index (κ3) is 7.44. The molecule has 0 aliphatic carbocycles. The molecule has 0 saturated heterocycles. The van der Waals surface area contributed by atoms with Crippen LogP contribution in [-0.4, -0.2) is 0 Å². The number of nitrogens with zero attached hydrogens (tertiary/aromatic N) is 2. The Kier molecular flexibility index (Phi) is 9.99. The number of halogens is 2. The highest BCUT2D eigenvalue weighted by Crippen LogP contribution is 2.47. The Balaban J connectivity index is 1.44. The van der Waals surface area contributed by atoms with Crippen LogP contribution in [0, 0.1) is 0 Å². The number of hydrogen-bond donors (Lipinski definition) is 0. The van der Waals surface area contributed by atoms with Crippen molar-refractivity contribution in [1.29, 1.82) is 0 Å². The molecule has 0 heterocycles. The Morgan fingerprint density at radius 3 is 1.37 bits per heavy atom. The second kappa shape index (κ2) is 14.9. The predicted molar refractivity (Wildman–Crippen MR) is 218 cm³/mol.